The highest BCUT2D eigenvalue weighted by molar-refractivity contribution is 6.06. The highest BCUT2D eigenvalue weighted by atomic mass is 16.4. The van der Waals surface area contributed by atoms with Crippen LogP contribution in [0.3, 0.4) is 0 Å². The fourth-order valence-corrected chi connectivity index (χ4v) is 2.29. The third kappa shape index (κ3) is 2.01. The van der Waals surface area contributed by atoms with Crippen molar-refractivity contribution < 1.29 is 14.7 Å². The zero-order chi connectivity index (χ0) is 14.1. The number of aromatic carboxylic acids is 1. The minimum absolute atomic E-state index is 0.222. The Balaban J connectivity index is 1.94. The summed E-state index contributed by atoms with van der Waals surface area (Å²) in [7, 11) is 0. The Bertz CT molecular complexity index is 685. The van der Waals surface area contributed by atoms with E-state index in [4.69, 9.17) is 5.11 Å². The molecule has 3 rings (SSSR count). The third-order valence-corrected chi connectivity index (χ3v) is 3.25. The number of anilines is 1. The Morgan fingerprint density at radius 3 is 2.80 bits per heavy atom. The van der Waals surface area contributed by atoms with Crippen LogP contribution < -0.4 is 4.90 Å². The molecule has 0 spiro atoms. The monoisotopic (exact) mass is 269 g/mol. The predicted molar refractivity (Wildman–Crippen MR) is 70.8 cm³/mol. The van der Waals surface area contributed by atoms with Crippen LogP contribution in [-0.2, 0) is 6.42 Å². The number of aromatic nitrogens is 2. The van der Waals surface area contributed by atoms with Crippen LogP contribution in [0, 0.1) is 0 Å². The average Bonchev–Trinajstić information content (AvgIpc) is 2.90. The summed E-state index contributed by atoms with van der Waals surface area (Å²) in [5.74, 6) is -1.19. The topological polar surface area (TPSA) is 83.4 Å². The Kier molecular flexibility index (Phi) is 2.90. The van der Waals surface area contributed by atoms with Gasteiger partial charge in [0.2, 0.25) is 0 Å². The van der Waals surface area contributed by atoms with E-state index in [0.717, 1.165) is 11.3 Å². The zero-order valence-electron chi connectivity index (χ0n) is 10.5. The summed E-state index contributed by atoms with van der Waals surface area (Å²) in [4.78, 5) is 32.8. The fraction of sp³-hybridized carbons (Fsp3) is 0.143. The normalized spacial score (nSPS) is 13.1. The first kappa shape index (κ1) is 12.3. The van der Waals surface area contributed by atoms with Crippen LogP contribution in [0.4, 0.5) is 5.69 Å². The maximum absolute atomic E-state index is 12.3. The van der Waals surface area contributed by atoms with Crippen molar-refractivity contribution in [1.29, 1.82) is 0 Å². The van der Waals surface area contributed by atoms with Gasteiger partial charge < -0.3 is 10.0 Å². The standard InChI is InChI=1S/C14H11N3O3/c18-13(11-8-15-4-5-16-11)17-6-3-9-7-10(14(19)20)1-2-12(9)17/h1-2,4-5,7-8H,3,6H2,(H,19,20). The summed E-state index contributed by atoms with van der Waals surface area (Å²) in [6.45, 7) is 0.522. The molecule has 100 valence electrons. The van der Waals surface area contributed by atoms with Gasteiger partial charge in [-0.2, -0.15) is 0 Å². The fourth-order valence-electron chi connectivity index (χ4n) is 2.29. The van der Waals surface area contributed by atoms with Crippen molar-refractivity contribution in [3.05, 3.63) is 53.6 Å². The van der Waals surface area contributed by atoms with E-state index in [2.05, 4.69) is 9.97 Å². The molecule has 2 aromatic rings. The number of carbonyl (C=O) groups excluding carboxylic acids is 1. The summed E-state index contributed by atoms with van der Waals surface area (Å²) < 4.78 is 0. The summed E-state index contributed by atoms with van der Waals surface area (Å²) in [5, 5.41) is 8.97. The first-order valence-electron chi connectivity index (χ1n) is 6.11. The highest BCUT2D eigenvalue weighted by Crippen LogP contribution is 2.29. The van der Waals surface area contributed by atoms with Gasteiger partial charge in [-0.3, -0.25) is 9.78 Å². The highest BCUT2D eigenvalue weighted by Gasteiger charge is 2.27. The molecule has 20 heavy (non-hydrogen) atoms. The number of amides is 1. The van der Waals surface area contributed by atoms with Crippen molar-refractivity contribution in [2.24, 2.45) is 0 Å². The van der Waals surface area contributed by atoms with E-state index >= 15 is 0 Å². The Hall–Kier alpha value is -2.76. The molecule has 0 radical (unpaired) electrons. The van der Waals surface area contributed by atoms with Crippen LogP contribution in [0.5, 0.6) is 0 Å². The zero-order valence-corrected chi connectivity index (χ0v) is 10.5. The Morgan fingerprint density at radius 1 is 1.25 bits per heavy atom. The SMILES string of the molecule is O=C(O)c1ccc2c(c1)CCN2C(=O)c1cnccn1. The van der Waals surface area contributed by atoms with Crippen molar-refractivity contribution in [1.82, 2.24) is 9.97 Å². The maximum atomic E-state index is 12.3. The predicted octanol–water partition coefficient (Wildman–Crippen LogP) is 1.38. The first-order chi connectivity index (χ1) is 9.66. The number of carbonyl (C=O) groups is 2. The molecule has 0 bridgehead atoms. The molecular weight excluding hydrogens is 258 g/mol. The van der Waals surface area contributed by atoms with Crippen molar-refractivity contribution in [3.63, 3.8) is 0 Å². The van der Waals surface area contributed by atoms with Crippen LogP contribution in [0.2, 0.25) is 0 Å². The quantitative estimate of drug-likeness (QED) is 0.890. The first-order valence-corrected chi connectivity index (χ1v) is 6.11. The van der Waals surface area contributed by atoms with Crippen LogP contribution in [0.1, 0.15) is 26.4 Å². The van der Waals surface area contributed by atoms with E-state index in [1.807, 2.05) is 0 Å². The van der Waals surface area contributed by atoms with Crippen LogP contribution in [-0.4, -0.2) is 33.5 Å². The molecule has 1 aromatic heterocycles. The van der Waals surface area contributed by atoms with Gasteiger partial charge >= 0.3 is 5.97 Å². The van der Waals surface area contributed by atoms with E-state index in [1.54, 1.807) is 17.0 Å². The van der Waals surface area contributed by atoms with Crippen LogP contribution >= 0.6 is 0 Å². The van der Waals surface area contributed by atoms with Gasteiger partial charge in [-0.15, -0.1) is 0 Å². The second-order valence-electron chi connectivity index (χ2n) is 4.45. The van der Waals surface area contributed by atoms with Gasteiger partial charge in [0.15, 0.2) is 0 Å². The molecule has 0 saturated heterocycles. The summed E-state index contributed by atoms with van der Waals surface area (Å²) >= 11 is 0. The largest absolute Gasteiger partial charge is 0.478 e. The number of hydrogen-bond acceptors (Lipinski definition) is 4. The van der Waals surface area contributed by atoms with Crippen LogP contribution in [0.15, 0.2) is 36.8 Å². The van der Waals surface area contributed by atoms with E-state index in [9.17, 15) is 9.59 Å². The number of nitrogens with zero attached hydrogens (tertiary/aromatic N) is 3. The Labute approximate surface area is 114 Å². The van der Waals surface area contributed by atoms with E-state index in [1.165, 1.54) is 24.7 Å². The summed E-state index contributed by atoms with van der Waals surface area (Å²) in [6, 6.07) is 4.78. The van der Waals surface area contributed by atoms with Gasteiger partial charge in [0.1, 0.15) is 5.69 Å². The minimum atomic E-state index is -0.966. The molecule has 1 aliphatic rings. The van der Waals surface area contributed by atoms with E-state index < -0.39 is 5.97 Å². The lowest BCUT2D eigenvalue weighted by Gasteiger charge is -2.16. The lowest BCUT2D eigenvalue weighted by atomic mass is 10.1. The molecule has 2 heterocycles. The molecule has 0 unspecified atom stereocenters. The molecule has 6 heteroatoms. The number of fused-ring (bicyclic) bond motifs is 1. The van der Waals surface area contributed by atoms with Crippen molar-refractivity contribution >= 4 is 17.6 Å². The number of rotatable bonds is 2. The second kappa shape index (κ2) is 4.73. The molecule has 6 nitrogen and oxygen atoms in total. The molecule has 1 amide bonds. The summed E-state index contributed by atoms with van der Waals surface area (Å²) in [6.07, 6.45) is 5.04. The molecule has 0 saturated carbocycles. The lowest BCUT2D eigenvalue weighted by Crippen LogP contribution is -2.29. The number of carboxylic acids is 1. The molecule has 1 aromatic carbocycles. The van der Waals surface area contributed by atoms with Crippen molar-refractivity contribution in [2.45, 2.75) is 6.42 Å². The van der Waals surface area contributed by atoms with Gasteiger partial charge in [0.05, 0.1) is 11.8 Å². The van der Waals surface area contributed by atoms with Crippen LogP contribution in [0.25, 0.3) is 0 Å². The molecule has 1 aliphatic heterocycles. The van der Waals surface area contributed by atoms with Gasteiger partial charge in [-0.05, 0) is 30.2 Å². The Morgan fingerprint density at radius 2 is 2.10 bits per heavy atom. The smallest absolute Gasteiger partial charge is 0.335 e. The van der Waals surface area contributed by atoms with Gasteiger partial charge in [-0.1, -0.05) is 0 Å². The molecule has 0 atom stereocenters. The third-order valence-electron chi connectivity index (χ3n) is 3.25. The minimum Gasteiger partial charge on any atom is -0.478 e. The van der Waals surface area contributed by atoms with Crippen molar-refractivity contribution in [2.75, 3.05) is 11.4 Å². The summed E-state index contributed by atoms with van der Waals surface area (Å²) in [5.41, 5.74) is 2.12. The molecular formula is C14H11N3O3. The van der Waals surface area contributed by atoms with Gasteiger partial charge in [0, 0.05) is 24.6 Å². The van der Waals surface area contributed by atoms with E-state index in [-0.39, 0.29) is 17.2 Å². The average molecular weight is 269 g/mol. The number of hydrogen-bond donors (Lipinski definition) is 1. The second-order valence-corrected chi connectivity index (χ2v) is 4.45. The molecule has 0 fully saturated rings. The van der Waals surface area contributed by atoms with E-state index in [0.29, 0.717) is 13.0 Å². The maximum Gasteiger partial charge on any atom is 0.335 e. The number of carboxylic acid groups (broad SMARTS) is 1. The molecule has 0 aliphatic carbocycles. The van der Waals surface area contributed by atoms with Crippen molar-refractivity contribution in [3.8, 4) is 0 Å². The van der Waals surface area contributed by atoms with Gasteiger partial charge in [0.25, 0.3) is 5.91 Å². The van der Waals surface area contributed by atoms with Gasteiger partial charge in [-0.25, -0.2) is 9.78 Å². The number of benzene rings is 1. The molecule has 1 N–H and O–H groups in total. The lowest BCUT2D eigenvalue weighted by molar-refractivity contribution is 0.0696.